The summed E-state index contributed by atoms with van der Waals surface area (Å²) in [6.07, 6.45) is 4.47. The number of aryl methyl sites for hydroxylation is 1. The molecule has 1 saturated heterocycles. The summed E-state index contributed by atoms with van der Waals surface area (Å²) in [7, 11) is 3.50. The van der Waals surface area contributed by atoms with Gasteiger partial charge in [-0.2, -0.15) is 0 Å². The highest BCUT2D eigenvalue weighted by molar-refractivity contribution is 14.0. The number of amides is 1. The minimum Gasteiger partial charge on any atom is -0.373 e. The van der Waals surface area contributed by atoms with Gasteiger partial charge < -0.3 is 20.3 Å². The lowest BCUT2D eigenvalue weighted by molar-refractivity contribution is -0.127. The molecule has 1 aliphatic heterocycles. The molecule has 1 aromatic carbocycles. The minimum absolute atomic E-state index is 0. The number of halogens is 1. The summed E-state index contributed by atoms with van der Waals surface area (Å²) in [6, 6.07) is 8.62. The summed E-state index contributed by atoms with van der Waals surface area (Å²) in [5, 5.41) is 6.79. The molecule has 0 spiro atoms. The van der Waals surface area contributed by atoms with Gasteiger partial charge in [-0.05, 0) is 31.7 Å². The van der Waals surface area contributed by atoms with Crippen molar-refractivity contribution in [3.05, 3.63) is 35.4 Å². The van der Waals surface area contributed by atoms with Crippen LogP contribution in [0.3, 0.4) is 0 Å². The fourth-order valence-electron chi connectivity index (χ4n) is 3.25. The van der Waals surface area contributed by atoms with Gasteiger partial charge in [0.1, 0.15) is 6.54 Å². The maximum absolute atomic E-state index is 11.9. The first-order valence-corrected chi connectivity index (χ1v) is 10.4. The van der Waals surface area contributed by atoms with Crippen LogP contribution in [0.15, 0.2) is 29.3 Å². The van der Waals surface area contributed by atoms with E-state index in [0.29, 0.717) is 11.9 Å². The van der Waals surface area contributed by atoms with E-state index in [1.165, 1.54) is 11.1 Å². The van der Waals surface area contributed by atoms with Gasteiger partial charge in [-0.15, -0.1) is 24.0 Å². The second-order valence-electron chi connectivity index (χ2n) is 7.72. The summed E-state index contributed by atoms with van der Waals surface area (Å²) >= 11 is 0. The van der Waals surface area contributed by atoms with Crippen molar-refractivity contribution in [2.45, 2.75) is 45.6 Å². The number of aliphatic imine (C=N–C) groups is 1. The Bertz CT molecular complexity index is 634. The van der Waals surface area contributed by atoms with Gasteiger partial charge in [-0.3, -0.25) is 4.79 Å². The first kappa shape index (κ1) is 25.7. The molecule has 29 heavy (non-hydrogen) atoms. The maximum atomic E-state index is 11.9. The van der Waals surface area contributed by atoms with Crippen LogP contribution in [0.4, 0.5) is 0 Å². The van der Waals surface area contributed by atoms with Crippen LogP contribution >= 0.6 is 24.0 Å². The first-order valence-electron chi connectivity index (χ1n) is 10.4. The fraction of sp³-hybridized carbons (Fsp3) is 0.636. The molecule has 0 saturated carbocycles. The molecule has 2 unspecified atom stereocenters. The Balaban J connectivity index is 0.00000420. The third-order valence-electron chi connectivity index (χ3n) is 5.08. The summed E-state index contributed by atoms with van der Waals surface area (Å²) in [5.41, 5.74) is 2.49. The lowest BCUT2D eigenvalue weighted by Crippen LogP contribution is -2.43. The summed E-state index contributed by atoms with van der Waals surface area (Å²) in [5.74, 6) is 1.08. The third-order valence-corrected chi connectivity index (χ3v) is 5.08. The van der Waals surface area contributed by atoms with Crippen LogP contribution in [0.1, 0.15) is 49.8 Å². The predicted octanol–water partition coefficient (Wildman–Crippen LogP) is 3.50. The number of hydrogen-bond donors (Lipinski definition) is 2. The van der Waals surface area contributed by atoms with E-state index >= 15 is 0 Å². The second kappa shape index (κ2) is 13.8. The van der Waals surface area contributed by atoms with E-state index in [-0.39, 0.29) is 42.5 Å². The van der Waals surface area contributed by atoms with Gasteiger partial charge in [0.25, 0.3) is 0 Å². The predicted molar refractivity (Wildman–Crippen MR) is 130 cm³/mol. The van der Waals surface area contributed by atoms with Crippen molar-refractivity contribution >= 4 is 35.8 Å². The highest BCUT2D eigenvalue weighted by atomic mass is 127. The highest BCUT2D eigenvalue weighted by Gasteiger charge is 2.27. The molecular formula is C22H37IN4O2. The number of ether oxygens (including phenoxy) is 1. The average molecular weight is 516 g/mol. The molecule has 2 N–H and O–H groups in total. The first-order chi connectivity index (χ1) is 13.5. The number of rotatable bonds is 8. The van der Waals surface area contributed by atoms with Crippen LogP contribution < -0.4 is 10.6 Å². The quantitative estimate of drug-likeness (QED) is 0.240. The van der Waals surface area contributed by atoms with E-state index < -0.39 is 0 Å². The second-order valence-corrected chi connectivity index (χ2v) is 7.72. The van der Waals surface area contributed by atoms with E-state index in [9.17, 15) is 4.79 Å². The number of nitrogens with one attached hydrogen (secondary N) is 2. The molecule has 2 atom stereocenters. The number of benzene rings is 1. The SMILES string of the molecule is CCCCNC(=NCC(=O)N(C)C)NCC1CCCOC1c1ccc(C)cc1.I. The molecule has 164 valence electrons. The number of guanidine groups is 1. The van der Waals surface area contributed by atoms with Crippen LogP contribution in [0.25, 0.3) is 0 Å². The minimum atomic E-state index is -0.00452. The number of carbonyl (C=O) groups excluding carboxylic acids is 1. The zero-order valence-corrected chi connectivity index (χ0v) is 20.6. The Morgan fingerprint density at radius 3 is 2.62 bits per heavy atom. The molecular weight excluding hydrogens is 479 g/mol. The molecule has 1 aliphatic rings. The summed E-state index contributed by atoms with van der Waals surface area (Å²) in [6.45, 7) is 6.84. The Kier molecular flexibility index (Phi) is 12.2. The highest BCUT2D eigenvalue weighted by Crippen LogP contribution is 2.33. The monoisotopic (exact) mass is 516 g/mol. The summed E-state index contributed by atoms with van der Waals surface area (Å²) in [4.78, 5) is 17.9. The molecule has 1 amide bonds. The Hall–Kier alpha value is -1.35. The van der Waals surface area contributed by atoms with Crippen LogP contribution in [0, 0.1) is 12.8 Å². The van der Waals surface area contributed by atoms with E-state index in [4.69, 9.17) is 4.74 Å². The molecule has 2 rings (SSSR count). The number of likely N-dealkylation sites (N-methyl/N-ethyl adjacent to an activating group) is 1. The molecule has 0 radical (unpaired) electrons. The number of carbonyl (C=O) groups is 1. The number of nitrogens with zero attached hydrogens (tertiary/aromatic N) is 2. The van der Waals surface area contributed by atoms with Crippen molar-refractivity contribution in [1.82, 2.24) is 15.5 Å². The van der Waals surface area contributed by atoms with Crippen LogP contribution in [0.5, 0.6) is 0 Å². The zero-order chi connectivity index (χ0) is 20.4. The zero-order valence-electron chi connectivity index (χ0n) is 18.2. The van der Waals surface area contributed by atoms with E-state index in [1.54, 1.807) is 19.0 Å². The Morgan fingerprint density at radius 1 is 1.24 bits per heavy atom. The van der Waals surface area contributed by atoms with Crippen molar-refractivity contribution in [2.75, 3.05) is 40.3 Å². The Labute approximate surface area is 192 Å². The lowest BCUT2D eigenvalue weighted by Gasteiger charge is -2.32. The number of hydrogen-bond acceptors (Lipinski definition) is 3. The fourth-order valence-corrected chi connectivity index (χ4v) is 3.25. The topological polar surface area (TPSA) is 66.0 Å². The van der Waals surface area contributed by atoms with E-state index in [2.05, 4.69) is 53.7 Å². The van der Waals surface area contributed by atoms with E-state index in [1.807, 2.05) is 0 Å². The molecule has 1 fully saturated rings. The van der Waals surface area contributed by atoms with Crippen molar-refractivity contribution in [2.24, 2.45) is 10.9 Å². The van der Waals surface area contributed by atoms with Crippen molar-refractivity contribution in [3.8, 4) is 0 Å². The number of unbranched alkanes of at least 4 members (excludes halogenated alkanes) is 1. The molecule has 6 nitrogen and oxygen atoms in total. The van der Waals surface area contributed by atoms with Crippen LogP contribution in [-0.2, 0) is 9.53 Å². The van der Waals surface area contributed by atoms with Crippen molar-refractivity contribution < 1.29 is 9.53 Å². The van der Waals surface area contributed by atoms with Gasteiger partial charge in [0, 0.05) is 39.7 Å². The average Bonchev–Trinajstić information content (AvgIpc) is 2.70. The molecule has 1 heterocycles. The molecule has 1 aromatic rings. The Morgan fingerprint density at radius 2 is 1.97 bits per heavy atom. The van der Waals surface area contributed by atoms with Gasteiger partial charge in [0.15, 0.2) is 5.96 Å². The smallest absolute Gasteiger partial charge is 0.243 e. The van der Waals surface area contributed by atoms with Crippen molar-refractivity contribution in [3.63, 3.8) is 0 Å². The van der Waals surface area contributed by atoms with Crippen LogP contribution in [0.2, 0.25) is 0 Å². The van der Waals surface area contributed by atoms with Gasteiger partial charge in [0.05, 0.1) is 6.10 Å². The summed E-state index contributed by atoms with van der Waals surface area (Å²) < 4.78 is 6.12. The van der Waals surface area contributed by atoms with Gasteiger partial charge in [-0.1, -0.05) is 43.2 Å². The van der Waals surface area contributed by atoms with Gasteiger partial charge in [-0.25, -0.2) is 4.99 Å². The van der Waals surface area contributed by atoms with Gasteiger partial charge in [0.2, 0.25) is 5.91 Å². The standard InChI is InChI=1S/C22H36N4O2.HI/c1-5-6-13-23-22(25-16-20(27)26(3)4)24-15-19-8-7-14-28-21(19)18-11-9-17(2)10-12-18;/h9-12,19,21H,5-8,13-16H2,1-4H3,(H2,23,24,25);1H. The largest absolute Gasteiger partial charge is 0.373 e. The van der Waals surface area contributed by atoms with Crippen LogP contribution in [-0.4, -0.2) is 57.1 Å². The maximum Gasteiger partial charge on any atom is 0.243 e. The molecule has 0 aromatic heterocycles. The van der Waals surface area contributed by atoms with E-state index in [0.717, 1.165) is 45.4 Å². The molecule has 0 aliphatic carbocycles. The normalized spacial score (nSPS) is 19.2. The molecule has 7 heteroatoms. The molecule has 0 bridgehead atoms. The van der Waals surface area contributed by atoms with Crippen molar-refractivity contribution in [1.29, 1.82) is 0 Å². The third kappa shape index (κ3) is 8.90. The lowest BCUT2D eigenvalue weighted by atomic mass is 9.89. The van der Waals surface area contributed by atoms with Gasteiger partial charge >= 0.3 is 0 Å².